The zero-order valence-electron chi connectivity index (χ0n) is 13.7. The van der Waals surface area contributed by atoms with E-state index in [4.69, 9.17) is 9.47 Å². The molecule has 2 rings (SSSR count). The molecule has 0 bridgehead atoms. The predicted octanol–water partition coefficient (Wildman–Crippen LogP) is 2.86. The van der Waals surface area contributed by atoms with Crippen molar-refractivity contribution in [2.24, 2.45) is 0 Å². The number of likely N-dealkylation sites (N-methyl/N-ethyl adjacent to an activating group) is 1. The van der Waals surface area contributed by atoms with Crippen molar-refractivity contribution in [3.63, 3.8) is 0 Å². The maximum absolute atomic E-state index is 11.5. The summed E-state index contributed by atoms with van der Waals surface area (Å²) in [5, 5.41) is 5.64. The molecule has 0 aliphatic carbocycles. The van der Waals surface area contributed by atoms with Gasteiger partial charge in [-0.25, -0.2) is 0 Å². The van der Waals surface area contributed by atoms with Crippen LogP contribution in [-0.2, 0) is 16.1 Å². The first-order valence-electron chi connectivity index (χ1n) is 7.57. The van der Waals surface area contributed by atoms with E-state index in [0.29, 0.717) is 19.8 Å². The van der Waals surface area contributed by atoms with Crippen LogP contribution in [0.3, 0.4) is 0 Å². The van der Waals surface area contributed by atoms with Crippen LogP contribution in [0.4, 0.5) is 5.69 Å². The standard InChI is InChI=1S/C18H22N2O3.ClH/c1-19-13-18(21)20-16-7-5-6-15(12-16)14-22-10-11-23-17-8-3-2-4-9-17;/h2-9,12,19H,10-11,13-14H2,1H3,(H,20,21);1H. The van der Waals surface area contributed by atoms with Gasteiger partial charge in [0.15, 0.2) is 0 Å². The second-order valence-electron chi connectivity index (χ2n) is 4.99. The molecule has 0 heterocycles. The molecule has 0 fully saturated rings. The Hall–Kier alpha value is -2.08. The number of nitrogens with one attached hydrogen (secondary N) is 2. The van der Waals surface area contributed by atoms with Gasteiger partial charge in [-0.05, 0) is 36.9 Å². The number of rotatable bonds is 9. The fraction of sp³-hybridized carbons (Fsp3) is 0.278. The van der Waals surface area contributed by atoms with Crippen LogP contribution in [0, 0.1) is 0 Å². The summed E-state index contributed by atoms with van der Waals surface area (Å²) in [5.41, 5.74) is 1.78. The van der Waals surface area contributed by atoms with E-state index in [1.54, 1.807) is 7.05 Å². The molecular weight excluding hydrogens is 328 g/mol. The summed E-state index contributed by atoms with van der Waals surface area (Å²) in [6, 6.07) is 17.3. The Morgan fingerprint density at radius 2 is 1.83 bits per heavy atom. The summed E-state index contributed by atoms with van der Waals surface area (Å²) in [6.45, 7) is 1.78. The number of carbonyl (C=O) groups excluding carboxylic acids is 1. The molecule has 1 amide bonds. The van der Waals surface area contributed by atoms with Crippen molar-refractivity contribution < 1.29 is 14.3 Å². The molecule has 0 aliphatic heterocycles. The smallest absolute Gasteiger partial charge is 0.238 e. The number of carbonyl (C=O) groups is 1. The molecule has 0 spiro atoms. The number of benzene rings is 2. The average molecular weight is 351 g/mol. The molecule has 2 aromatic carbocycles. The Kier molecular flexibility index (Phi) is 9.53. The molecule has 6 heteroatoms. The lowest BCUT2D eigenvalue weighted by atomic mass is 10.2. The maximum atomic E-state index is 11.5. The Morgan fingerprint density at radius 1 is 1.04 bits per heavy atom. The van der Waals surface area contributed by atoms with Crippen molar-refractivity contribution in [3.05, 3.63) is 60.2 Å². The van der Waals surface area contributed by atoms with E-state index in [0.717, 1.165) is 17.0 Å². The molecule has 2 aromatic rings. The van der Waals surface area contributed by atoms with Gasteiger partial charge in [0.05, 0.1) is 19.8 Å². The van der Waals surface area contributed by atoms with Crippen molar-refractivity contribution in [1.29, 1.82) is 0 Å². The highest BCUT2D eigenvalue weighted by Crippen LogP contribution is 2.12. The summed E-state index contributed by atoms with van der Waals surface area (Å²) >= 11 is 0. The van der Waals surface area contributed by atoms with Crippen LogP contribution in [0.25, 0.3) is 0 Å². The van der Waals surface area contributed by atoms with Gasteiger partial charge in [0, 0.05) is 5.69 Å². The maximum Gasteiger partial charge on any atom is 0.238 e. The van der Waals surface area contributed by atoms with E-state index in [-0.39, 0.29) is 24.9 Å². The second kappa shape index (κ2) is 11.5. The van der Waals surface area contributed by atoms with Gasteiger partial charge in [-0.3, -0.25) is 4.79 Å². The van der Waals surface area contributed by atoms with Gasteiger partial charge in [0.25, 0.3) is 0 Å². The fourth-order valence-electron chi connectivity index (χ4n) is 2.03. The molecule has 0 saturated heterocycles. The van der Waals surface area contributed by atoms with Crippen molar-refractivity contribution in [2.45, 2.75) is 6.61 Å². The third-order valence-electron chi connectivity index (χ3n) is 3.06. The summed E-state index contributed by atoms with van der Waals surface area (Å²) in [5.74, 6) is 0.771. The largest absolute Gasteiger partial charge is 0.491 e. The summed E-state index contributed by atoms with van der Waals surface area (Å²) < 4.78 is 11.2. The van der Waals surface area contributed by atoms with Gasteiger partial charge in [-0.1, -0.05) is 30.3 Å². The van der Waals surface area contributed by atoms with E-state index < -0.39 is 0 Å². The van der Waals surface area contributed by atoms with Crippen LogP contribution in [0.2, 0.25) is 0 Å². The second-order valence-corrected chi connectivity index (χ2v) is 4.99. The highest BCUT2D eigenvalue weighted by Gasteiger charge is 2.02. The molecule has 5 nitrogen and oxygen atoms in total. The fourth-order valence-corrected chi connectivity index (χ4v) is 2.03. The summed E-state index contributed by atoms with van der Waals surface area (Å²) in [6.07, 6.45) is 0. The van der Waals surface area contributed by atoms with E-state index in [2.05, 4.69) is 10.6 Å². The van der Waals surface area contributed by atoms with Crippen LogP contribution in [0.15, 0.2) is 54.6 Å². The predicted molar refractivity (Wildman–Crippen MR) is 97.8 cm³/mol. The van der Waals surface area contributed by atoms with E-state index >= 15 is 0 Å². The Morgan fingerprint density at radius 3 is 2.58 bits per heavy atom. The van der Waals surface area contributed by atoms with E-state index in [1.165, 1.54) is 0 Å². The number of ether oxygens (including phenoxy) is 2. The molecule has 0 unspecified atom stereocenters. The van der Waals surface area contributed by atoms with Gasteiger partial charge in [0.2, 0.25) is 5.91 Å². The minimum Gasteiger partial charge on any atom is -0.491 e. The van der Waals surface area contributed by atoms with Crippen LogP contribution < -0.4 is 15.4 Å². The van der Waals surface area contributed by atoms with Gasteiger partial charge in [-0.2, -0.15) is 0 Å². The van der Waals surface area contributed by atoms with Crippen molar-refractivity contribution in [2.75, 3.05) is 32.1 Å². The zero-order chi connectivity index (χ0) is 16.3. The first-order chi connectivity index (χ1) is 11.3. The number of para-hydroxylation sites is 1. The van der Waals surface area contributed by atoms with Crippen LogP contribution in [0.1, 0.15) is 5.56 Å². The third-order valence-corrected chi connectivity index (χ3v) is 3.06. The van der Waals surface area contributed by atoms with E-state index in [9.17, 15) is 4.79 Å². The van der Waals surface area contributed by atoms with Crippen LogP contribution in [-0.4, -0.2) is 32.7 Å². The van der Waals surface area contributed by atoms with Gasteiger partial charge in [0.1, 0.15) is 12.4 Å². The molecular formula is C18H23ClN2O3. The van der Waals surface area contributed by atoms with Gasteiger partial charge in [-0.15, -0.1) is 12.4 Å². The first-order valence-corrected chi connectivity index (χ1v) is 7.57. The number of amides is 1. The number of anilines is 1. The molecule has 2 N–H and O–H groups in total. The molecule has 0 atom stereocenters. The van der Waals surface area contributed by atoms with Crippen LogP contribution >= 0.6 is 12.4 Å². The number of hydrogen-bond acceptors (Lipinski definition) is 4. The Balaban J connectivity index is 0.00000288. The lowest BCUT2D eigenvalue weighted by molar-refractivity contribution is -0.115. The lowest BCUT2D eigenvalue weighted by Crippen LogP contribution is -2.25. The molecule has 0 aliphatic rings. The average Bonchev–Trinajstić information content (AvgIpc) is 2.56. The van der Waals surface area contributed by atoms with Gasteiger partial charge < -0.3 is 20.1 Å². The normalized spacial score (nSPS) is 9.88. The monoisotopic (exact) mass is 350 g/mol. The van der Waals surface area contributed by atoms with E-state index in [1.807, 2.05) is 54.6 Å². The Bertz CT molecular complexity index is 608. The molecule has 0 aromatic heterocycles. The molecule has 24 heavy (non-hydrogen) atoms. The van der Waals surface area contributed by atoms with Crippen molar-refractivity contribution in [3.8, 4) is 5.75 Å². The number of hydrogen-bond donors (Lipinski definition) is 2. The third kappa shape index (κ3) is 7.46. The topological polar surface area (TPSA) is 59.6 Å². The summed E-state index contributed by atoms with van der Waals surface area (Å²) in [7, 11) is 1.74. The number of halogens is 1. The lowest BCUT2D eigenvalue weighted by Gasteiger charge is -2.09. The minimum atomic E-state index is -0.0678. The highest BCUT2D eigenvalue weighted by atomic mass is 35.5. The highest BCUT2D eigenvalue weighted by molar-refractivity contribution is 5.92. The zero-order valence-corrected chi connectivity index (χ0v) is 14.5. The first kappa shape index (κ1) is 20.0. The van der Waals surface area contributed by atoms with Gasteiger partial charge >= 0.3 is 0 Å². The molecule has 130 valence electrons. The SMILES string of the molecule is CNCC(=O)Nc1cccc(COCCOc2ccccc2)c1.Cl. The molecule has 0 radical (unpaired) electrons. The van der Waals surface area contributed by atoms with Crippen molar-refractivity contribution in [1.82, 2.24) is 5.32 Å². The van der Waals surface area contributed by atoms with Crippen molar-refractivity contribution >= 4 is 24.0 Å². The summed E-state index contributed by atoms with van der Waals surface area (Å²) in [4.78, 5) is 11.5. The quantitative estimate of drug-likeness (QED) is 0.683. The van der Waals surface area contributed by atoms with Crippen LogP contribution in [0.5, 0.6) is 5.75 Å². The minimum absolute atomic E-state index is 0. The molecule has 0 saturated carbocycles. The Labute approximate surface area is 148 Å².